The van der Waals surface area contributed by atoms with Gasteiger partial charge in [0.1, 0.15) is 5.82 Å². The van der Waals surface area contributed by atoms with E-state index in [-0.39, 0.29) is 5.82 Å². The number of nitrogens with zero attached hydrogens (tertiary/aromatic N) is 2. The Bertz CT molecular complexity index is 422. The molecule has 1 N–H and O–H groups in total. The molecule has 4 heteroatoms. The summed E-state index contributed by atoms with van der Waals surface area (Å²) in [5.41, 5.74) is 1.26. The summed E-state index contributed by atoms with van der Waals surface area (Å²) in [6, 6.07) is 5.43. The zero-order valence-corrected chi connectivity index (χ0v) is 11.2. The first-order valence-corrected chi connectivity index (χ1v) is 6.41. The molecule has 1 unspecified atom stereocenters. The van der Waals surface area contributed by atoms with Gasteiger partial charge in [0.15, 0.2) is 0 Å². The molecule has 100 valence electrons. The Kier molecular flexibility index (Phi) is 3.88. The van der Waals surface area contributed by atoms with E-state index in [1.807, 2.05) is 0 Å². The fraction of sp³-hybridized carbons (Fsp3) is 0.571. The van der Waals surface area contributed by atoms with Crippen LogP contribution in [0.15, 0.2) is 18.2 Å². The molecule has 0 saturated carbocycles. The zero-order chi connectivity index (χ0) is 13.3. The molecule has 1 aromatic rings. The highest BCUT2D eigenvalue weighted by molar-refractivity contribution is 5.50. The number of likely N-dealkylation sites (N-methyl/N-ethyl adjacent to an activating group) is 1. The van der Waals surface area contributed by atoms with E-state index in [9.17, 15) is 9.50 Å². The van der Waals surface area contributed by atoms with Gasteiger partial charge in [-0.15, -0.1) is 0 Å². The number of aliphatic hydroxyl groups excluding tert-OH is 1. The molecule has 18 heavy (non-hydrogen) atoms. The normalized spacial score (nSPS) is 23.2. The zero-order valence-electron chi connectivity index (χ0n) is 11.2. The summed E-state index contributed by atoms with van der Waals surface area (Å²) in [4.78, 5) is 4.35. The molecule has 0 amide bonds. The van der Waals surface area contributed by atoms with Gasteiger partial charge >= 0.3 is 0 Å². The lowest BCUT2D eigenvalue weighted by Gasteiger charge is -2.39. The average Bonchev–Trinajstić information content (AvgIpc) is 2.32. The van der Waals surface area contributed by atoms with Crippen molar-refractivity contribution in [2.24, 2.45) is 0 Å². The van der Waals surface area contributed by atoms with Crippen molar-refractivity contribution in [3.63, 3.8) is 0 Å². The molecule has 0 bridgehead atoms. The Morgan fingerprint density at radius 2 is 2.11 bits per heavy atom. The molecule has 1 aliphatic heterocycles. The molecule has 2 rings (SSSR count). The second-order valence-electron chi connectivity index (χ2n) is 5.16. The lowest BCUT2D eigenvalue weighted by molar-refractivity contribution is 0.198. The molecule has 0 aromatic heterocycles. The van der Waals surface area contributed by atoms with Gasteiger partial charge in [0.2, 0.25) is 0 Å². The first-order valence-electron chi connectivity index (χ1n) is 6.41. The SMILES string of the molecule is CC1CN(c2ccc([C@H](C)O)cc2F)CCN1C. The Balaban J connectivity index is 2.19. The molecule has 2 atom stereocenters. The van der Waals surface area contributed by atoms with E-state index in [1.165, 1.54) is 6.07 Å². The average molecular weight is 252 g/mol. The monoisotopic (exact) mass is 252 g/mol. The van der Waals surface area contributed by atoms with Crippen LogP contribution in [0.3, 0.4) is 0 Å². The molecular formula is C14H21FN2O. The van der Waals surface area contributed by atoms with Crippen LogP contribution in [0.25, 0.3) is 0 Å². The van der Waals surface area contributed by atoms with E-state index in [1.54, 1.807) is 19.1 Å². The topological polar surface area (TPSA) is 26.7 Å². The number of anilines is 1. The lowest BCUT2D eigenvalue weighted by Crippen LogP contribution is -2.50. The quantitative estimate of drug-likeness (QED) is 0.872. The maximum Gasteiger partial charge on any atom is 0.146 e. The highest BCUT2D eigenvalue weighted by Gasteiger charge is 2.22. The van der Waals surface area contributed by atoms with Crippen LogP contribution >= 0.6 is 0 Å². The number of halogens is 1. The van der Waals surface area contributed by atoms with Crippen LogP contribution in [0.4, 0.5) is 10.1 Å². The van der Waals surface area contributed by atoms with Gasteiger partial charge in [0.25, 0.3) is 0 Å². The number of hydrogen-bond donors (Lipinski definition) is 1. The Labute approximate surface area is 108 Å². The van der Waals surface area contributed by atoms with Crippen LogP contribution in [0.5, 0.6) is 0 Å². The summed E-state index contributed by atoms with van der Waals surface area (Å²) >= 11 is 0. The second-order valence-corrected chi connectivity index (χ2v) is 5.16. The second kappa shape index (κ2) is 5.24. The highest BCUT2D eigenvalue weighted by atomic mass is 19.1. The predicted octanol–water partition coefficient (Wildman–Crippen LogP) is 2.02. The maximum atomic E-state index is 14.1. The van der Waals surface area contributed by atoms with Gasteiger partial charge in [-0.3, -0.25) is 0 Å². The van der Waals surface area contributed by atoms with Crippen LogP contribution in [-0.4, -0.2) is 42.7 Å². The molecule has 1 aliphatic rings. The maximum absolute atomic E-state index is 14.1. The minimum atomic E-state index is -0.625. The molecule has 1 aromatic carbocycles. The van der Waals surface area contributed by atoms with E-state index < -0.39 is 6.10 Å². The highest BCUT2D eigenvalue weighted by Crippen LogP contribution is 2.25. The van der Waals surface area contributed by atoms with Gasteiger partial charge in [-0.2, -0.15) is 0 Å². The van der Waals surface area contributed by atoms with Gasteiger partial charge in [0.05, 0.1) is 11.8 Å². The number of piperazine rings is 1. The van der Waals surface area contributed by atoms with Gasteiger partial charge in [0, 0.05) is 25.7 Å². The van der Waals surface area contributed by atoms with Crippen molar-refractivity contribution >= 4 is 5.69 Å². The van der Waals surface area contributed by atoms with Crippen LogP contribution in [0.1, 0.15) is 25.5 Å². The van der Waals surface area contributed by atoms with Crippen molar-refractivity contribution < 1.29 is 9.50 Å². The van der Waals surface area contributed by atoms with E-state index >= 15 is 0 Å². The standard InChI is InChI=1S/C14H21FN2O/c1-10-9-17(7-6-16(10)3)14-5-4-12(11(2)18)8-13(14)15/h4-5,8,10-11,18H,6-7,9H2,1-3H3/t10?,11-/m0/s1. The van der Waals surface area contributed by atoms with E-state index in [4.69, 9.17) is 0 Å². The summed E-state index contributed by atoms with van der Waals surface area (Å²) in [5.74, 6) is -0.245. The number of rotatable bonds is 2. The summed E-state index contributed by atoms with van der Waals surface area (Å²) in [5, 5.41) is 9.44. The van der Waals surface area contributed by atoms with Crippen molar-refractivity contribution in [1.82, 2.24) is 4.90 Å². The first kappa shape index (κ1) is 13.3. The van der Waals surface area contributed by atoms with Gasteiger partial charge in [-0.1, -0.05) is 6.07 Å². The Hall–Kier alpha value is -1.13. The molecule has 0 spiro atoms. The van der Waals surface area contributed by atoms with Crippen molar-refractivity contribution in [1.29, 1.82) is 0 Å². The minimum absolute atomic E-state index is 0.245. The largest absolute Gasteiger partial charge is 0.389 e. The third kappa shape index (κ3) is 2.65. The summed E-state index contributed by atoms with van der Waals surface area (Å²) in [7, 11) is 2.09. The summed E-state index contributed by atoms with van der Waals surface area (Å²) < 4.78 is 14.1. The summed E-state index contributed by atoms with van der Waals surface area (Å²) in [6.45, 7) is 6.41. The van der Waals surface area contributed by atoms with Crippen molar-refractivity contribution in [3.8, 4) is 0 Å². The van der Waals surface area contributed by atoms with E-state index in [0.29, 0.717) is 17.3 Å². The van der Waals surface area contributed by atoms with Crippen molar-refractivity contribution in [3.05, 3.63) is 29.6 Å². The number of aliphatic hydroxyl groups is 1. The summed E-state index contributed by atoms with van der Waals surface area (Å²) in [6.07, 6.45) is -0.625. The minimum Gasteiger partial charge on any atom is -0.389 e. The fourth-order valence-corrected chi connectivity index (χ4v) is 2.31. The lowest BCUT2D eigenvalue weighted by atomic mass is 10.1. The smallest absolute Gasteiger partial charge is 0.146 e. The number of benzene rings is 1. The van der Waals surface area contributed by atoms with Gasteiger partial charge < -0.3 is 14.9 Å². The Morgan fingerprint density at radius 1 is 1.39 bits per heavy atom. The molecular weight excluding hydrogens is 231 g/mol. The van der Waals surface area contributed by atoms with Crippen LogP contribution < -0.4 is 4.90 Å². The van der Waals surface area contributed by atoms with Crippen LogP contribution in [0.2, 0.25) is 0 Å². The first-order chi connectivity index (χ1) is 8.49. The van der Waals surface area contributed by atoms with E-state index in [0.717, 1.165) is 19.6 Å². The molecule has 1 heterocycles. The van der Waals surface area contributed by atoms with Gasteiger partial charge in [-0.25, -0.2) is 4.39 Å². The van der Waals surface area contributed by atoms with Crippen LogP contribution in [0, 0.1) is 5.82 Å². The van der Waals surface area contributed by atoms with Gasteiger partial charge in [-0.05, 0) is 38.6 Å². The predicted molar refractivity (Wildman–Crippen MR) is 71.3 cm³/mol. The third-order valence-electron chi connectivity index (χ3n) is 3.75. The van der Waals surface area contributed by atoms with Crippen molar-refractivity contribution in [2.75, 3.05) is 31.6 Å². The number of hydrogen-bond acceptors (Lipinski definition) is 3. The third-order valence-corrected chi connectivity index (χ3v) is 3.75. The Morgan fingerprint density at radius 3 is 2.67 bits per heavy atom. The molecule has 0 radical (unpaired) electrons. The molecule has 1 fully saturated rings. The fourth-order valence-electron chi connectivity index (χ4n) is 2.31. The molecule has 1 saturated heterocycles. The molecule has 3 nitrogen and oxygen atoms in total. The van der Waals surface area contributed by atoms with E-state index in [2.05, 4.69) is 23.8 Å². The van der Waals surface area contributed by atoms with Crippen molar-refractivity contribution in [2.45, 2.75) is 26.0 Å². The molecule has 0 aliphatic carbocycles. The van der Waals surface area contributed by atoms with Crippen LogP contribution in [-0.2, 0) is 0 Å².